The van der Waals surface area contributed by atoms with E-state index in [1.807, 2.05) is 0 Å². The van der Waals surface area contributed by atoms with Crippen molar-refractivity contribution in [3.63, 3.8) is 0 Å². The van der Waals surface area contributed by atoms with E-state index in [-0.39, 0.29) is 10.6 Å². The first kappa shape index (κ1) is 12.2. The molecule has 1 heterocycles. The van der Waals surface area contributed by atoms with Crippen LogP contribution in [-0.2, 0) is 4.74 Å². The monoisotopic (exact) mass is 255 g/mol. The number of carbonyl (C=O) groups is 1. The Balaban J connectivity index is 2.10. The number of ether oxygens (including phenoxy) is 1. The maximum Gasteiger partial charge on any atom is 0.337 e. The minimum atomic E-state index is -1.01. The highest BCUT2D eigenvalue weighted by Gasteiger charge is 2.15. The SMILES string of the molecule is O=C(O)c1cc(NC2CCOCC2)ccc1Cl. The first-order valence-electron chi connectivity index (χ1n) is 5.54. The molecule has 1 aliphatic heterocycles. The number of carboxylic acids is 1. The third kappa shape index (κ3) is 3.11. The molecule has 1 fully saturated rings. The Morgan fingerprint density at radius 1 is 1.41 bits per heavy atom. The van der Waals surface area contributed by atoms with Crippen LogP contribution in [0.15, 0.2) is 18.2 Å². The number of anilines is 1. The van der Waals surface area contributed by atoms with E-state index < -0.39 is 5.97 Å². The van der Waals surface area contributed by atoms with Gasteiger partial charge in [0.05, 0.1) is 10.6 Å². The molecule has 17 heavy (non-hydrogen) atoms. The van der Waals surface area contributed by atoms with Crippen LogP contribution in [0.3, 0.4) is 0 Å². The van der Waals surface area contributed by atoms with E-state index in [2.05, 4.69) is 5.32 Å². The van der Waals surface area contributed by atoms with Gasteiger partial charge in [-0.05, 0) is 31.0 Å². The quantitative estimate of drug-likeness (QED) is 0.872. The average Bonchev–Trinajstić information content (AvgIpc) is 2.32. The highest BCUT2D eigenvalue weighted by Crippen LogP contribution is 2.22. The second-order valence-corrected chi connectivity index (χ2v) is 4.44. The van der Waals surface area contributed by atoms with Gasteiger partial charge in [0.2, 0.25) is 0 Å². The molecule has 0 radical (unpaired) electrons. The van der Waals surface area contributed by atoms with Crippen molar-refractivity contribution in [1.29, 1.82) is 0 Å². The lowest BCUT2D eigenvalue weighted by Crippen LogP contribution is -2.27. The molecular formula is C12H14ClNO3. The number of rotatable bonds is 3. The Kier molecular flexibility index (Phi) is 3.86. The zero-order valence-corrected chi connectivity index (χ0v) is 10.0. The molecule has 0 bridgehead atoms. The molecule has 0 atom stereocenters. The van der Waals surface area contributed by atoms with Gasteiger partial charge in [0.25, 0.3) is 0 Å². The summed E-state index contributed by atoms with van der Waals surface area (Å²) in [5.41, 5.74) is 0.919. The lowest BCUT2D eigenvalue weighted by molar-refractivity contribution is 0.0697. The molecule has 0 aromatic heterocycles. The molecule has 0 spiro atoms. The van der Waals surface area contributed by atoms with Crippen molar-refractivity contribution in [2.75, 3.05) is 18.5 Å². The molecule has 0 aliphatic carbocycles. The summed E-state index contributed by atoms with van der Waals surface area (Å²) in [6.07, 6.45) is 1.87. The zero-order valence-electron chi connectivity index (χ0n) is 9.28. The van der Waals surface area contributed by atoms with Gasteiger partial charge in [-0.3, -0.25) is 0 Å². The van der Waals surface area contributed by atoms with Crippen molar-refractivity contribution in [3.05, 3.63) is 28.8 Å². The number of benzene rings is 1. The van der Waals surface area contributed by atoms with E-state index in [0.29, 0.717) is 6.04 Å². The third-order valence-corrected chi connectivity index (χ3v) is 3.12. The number of hydrogen-bond donors (Lipinski definition) is 2. The van der Waals surface area contributed by atoms with Crippen molar-refractivity contribution in [2.45, 2.75) is 18.9 Å². The van der Waals surface area contributed by atoms with Gasteiger partial charge in [0.1, 0.15) is 0 Å². The minimum absolute atomic E-state index is 0.128. The number of nitrogens with one attached hydrogen (secondary N) is 1. The van der Waals surface area contributed by atoms with Crippen LogP contribution in [-0.4, -0.2) is 30.3 Å². The van der Waals surface area contributed by atoms with Gasteiger partial charge in [-0.15, -0.1) is 0 Å². The first-order valence-corrected chi connectivity index (χ1v) is 5.92. The van der Waals surface area contributed by atoms with Crippen LogP contribution in [0.1, 0.15) is 23.2 Å². The number of hydrogen-bond acceptors (Lipinski definition) is 3. The Hall–Kier alpha value is -1.26. The summed E-state index contributed by atoms with van der Waals surface area (Å²) in [5.74, 6) is -1.01. The van der Waals surface area contributed by atoms with Crippen molar-refractivity contribution in [1.82, 2.24) is 0 Å². The summed E-state index contributed by atoms with van der Waals surface area (Å²) in [4.78, 5) is 10.9. The minimum Gasteiger partial charge on any atom is -0.478 e. The topological polar surface area (TPSA) is 58.6 Å². The summed E-state index contributed by atoms with van der Waals surface area (Å²) in [5, 5.41) is 12.5. The molecule has 1 saturated heterocycles. The molecular weight excluding hydrogens is 242 g/mol. The van der Waals surface area contributed by atoms with Crippen molar-refractivity contribution in [2.24, 2.45) is 0 Å². The summed E-state index contributed by atoms with van der Waals surface area (Å²) >= 11 is 5.81. The van der Waals surface area contributed by atoms with Gasteiger partial charge in [-0.2, -0.15) is 0 Å². The molecule has 0 saturated carbocycles. The van der Waals surface area contributed by atoms with E-state index in [1.165, 1.54) is 0 Å². The summed E-state index contributed by atoms with van der Waals surface area (Å²) < 4.78 is 5.26. The predicted octanol–water partition coefficient (Wildman–Crippen LogP) is 2.63. The predicted molar refractivity (Wildman–Crippen MR) is 65.9 cm³/mol. The van der Waals surface area contributed by atoms with E-state index in [1.54, 1.807) is 18.2 Å². The van der Waals surface area contributed by atoms with Crippen molar-refractivity contribution in [3.8, 4) is 0 Å². The molecule has 1 aliphatic rings. The van der Waals surface area contributed by atoms with Gasteiger partial charge in [-0.25, -0.2) is 4.79 Å². The number of halogens is 1. The first-order chi connectivity index (χ1) is 8.16. The van der Waals surface area contributed by atoms with E-state index in [9.17, 15) is 4.79 Å². The Morgan fingerprint density at radius 3 is 2.76 bits per heavy atom. The van der Waals surface area contributed by atoms with Gasteiger partial charge in [-0.1, -0.05) is 11.6 Å². The van der Waals surface area contributed by atoms with Gasteiger partial charge < -0.3 is 15.2 Å². The standard InChI is InChI=1S/C12H14ClNO3/c13-11-2-1-9(7-10(11)12(15)16)14-8-3-5-17-6-4-8/h1-2,7-8,14H,3-6H2,(H,15,16). The largest absolute Gasteiger partial charge is 0.478 e. The van der Waals surface area contributed by atoms with Crippen LogP contribution < -0.4 is 5.32 Å². The Labute approximate surface area is 105 Å². The van der Waals surface area contributed by atoms with Crippen LogP contribution in [0.4, 0.5) is 5.69 Å². The normalized spacial score (nSPS) is 16.8. The molecule has 1 aromatic carbocycles. The van der Waals surface area contributed by atoms with Crippen LogP contribution >= 0.6 is 11.6 Å². The molecule has 2 rings (SSSR count). The van der Waals surface area contributed by atoms with Gasteiger partial charge in [0, 0.05) is 24.9 Å². The molecule has 4 nitrogen and oxygen atoms in total. The average molecular weight is 256 g/mol. The lowest BCUT2D eigenvalue weighted by Gasteiger charge is -2.24. The smallest absolute Gasteiger partial charge is 0.337 e. The summed E-state index contributed by atoms with van der Waals surface area (Å²) in [7, 11) is 0. The molecule has 0 unspecified atom stereocenters. The molecule has 5 heteroatoms. The van der Waals surface area contributed by atoms with E-state index >= 15 is 0 Å². The second-order valence-electron chi connectivity index (χ2n) is 4.03. The summed E-state index contributed by atoms with van der Waals surface area (Å²) in [6.45, 7) is 1.49. The molecule has 1 aromatic rings. The number of aromatic carboxylic acids is 1. The Bertz CT molecular complexity index is 416. The molecule has 2 N–H and O–H groups in total. The van der Waals surface area contributed by atoms with Crippen LogP contribution in [0, 0.1) is 0 Å². The highest BCUT2D eigenvalue weighted by atomic mass is 35.5. The fraction of sp³-hybridized carbons (Fsp3) is 0.417. The fourth-order valence-electron chi connectivity index (χ4n) is 1.86. The zero-order chi connectivity index (χ0) is 12.3. The highest BCUT2D eigenvalue weighted by molar-refractivity contribution is 6.33. The van der Waals surface area contributed by atoms with Gasteiger partial charge >= 0.3 is 5.97 Å². The summed E-state index contributed by atoms with van der Waals surface area (Å²) in [6, 6.07) is 5.31. The van der Waals surface area contributed by atoms with Crippen LogP contribution in [0.2, 0.25) is 5.02 Å². The van der Waals surface area contributed by atoms with E-state index in [0.717, 1.165) is 31.7 Å². The second kappa shape index (κ2) is 5.38. The van der Waals surface area contributed by atoms with Crippen LogP contribution in [0.5, 0.6) is 0 Å². The van der Waals surface area contributed by atoms with Crippen molar-refractivity contribution < 1.29 is 14.6 Å². The third-order valence-electron chi connectivity index (χ3n) is 2.79. The Morgan fingerprint density at radius 2 is 2.12 bits per heavy atom. The maximum atomic E-state index is 10.9. The van der Waals surface area contributed by atoms with E-state index in [4.69, 9.17) is 21.4 Å². The maximum absolute atomic E-state index is 10.9. The van der Waals surface area contributed by atoms with Crippen molar-refractivity contribution >= 4 is 23.3 Å². The molecule has 92 valence electrons. The fourth-order valence-corrected chi connectivity index (χ4v) is 2.05. The van der Waals surface area contributed by atoms with Gasteiger partial charge in [0.15, 0.2) is 0 Å². The molecule has 0 amide bonds. The lowest BCUT2D eigenvalue weighted by atomic mass is 10.1. The number of carboxylic acid groups (broad SMARTS) is 1. The van der Waals surface area contributed by atoms with Crippen LogP contribution in [0.25, 0.3) is 0 Å².